The van der Waals surface area contributed by atoms with Crippen molar-refractivity contribution in [2.24, 2.45) is 0 Å². The molecule has 0 atom stereocenters. The molecule has 9 aromatic carbocycles. The maximum absolute atomic E-state index is 6.75. The lowest BCUT2D eigenvalue weighted by atomic mass is 9.65. The van der Waals surface area contributed by atoms with Crippen molar-refractivity contribution < 1.29 is 4.74 Å². The Morgan fingerprint density at radius 1 is 0.310 bits per heavy atom. The molecular formula is C54H33N3O. The molecule has 4 nitrogen and oxygen atoms in total. The van der Waals surface area contributed by atoms with Crippen molar-refractivity contribution in [2.75, 3.05) is 0 Å². The van der Waals surface area contributed by atoms with Gasteiger partial charge in [-0.3, -0.25) is 0 Å². The maximum atomic E-state index is 6.75. The minimum atomic E-state index is -0.565. The van der Waals surface area contributed by atoms with Crippen LogP contribution in [0.1, 0.15) is 22.3 Å². The summed E-state index contributed by atoms with van der Waals surface area (Å²) < 4.78 is 6.75. The molecule has 0 radical (unpaired) electrons. The van der Waals surface area contributed by atoms with Crippen LogP contribution < -0.4 is 4.74 Å². The van der Waals surface area contributed by atoms with E-state index < -0.39 is 5.41 Å². The van der Waals surface area contributed by atoms with Gasteiger partial charge in [0.15, 0.2) is 17.5 Å². The van der Waals surface area contributed by atoms with Gasteiger partial charge in [0.05, 0.1) is 5.41 Å². The van der Waals surface area contributed by atoms with Crippen molar-refractivity contribution in [1.82, 2.24) is 15.0 Å². The van der Waals surface area contributed by atoms with Crippen molar-refractivity contribution in [3.63, 3.8) is 0 Å². The van der Waals surface area contributed by atoms with Crippen LogP contribution in [0.15, 0.2) is 200 Å². The predicted octanol–water partition coefficient (Wildman–Crippen LogP) is 13.3. The Morgan fingerprint density at radius 3 is 1.66 bits per heavy atom. The Morgan fingerprint density at radius 2 is 0.862 bits per heavy atom. The highest BCUT2D eigenvalue weighted by Gasteiger charge is 2.51. The maximum Gasteiger partial charge on any atom is 0.164 e. The molecule has 2 heterocycles. The third kappa shape index (κ3) is 4.79. The summed E-state index contributed by atoms with van der Waals surface area (Å²) in [6.07, 6.45) is 0. The quantitative estimate of drug-likeness (QED) is 0.169. The number of ether oxygens (including phenoxy) is 1. The number of hydrogen-bond acceptors (Lipinski definition) is 4. The van der Waals surface area contributed by atoms with Crippen molar-refractivity contribution in [1.29, 1.82) is 0 Å². The molecule has 0 saturated carbocycles. The fraction of sp³-hybridized carbons (Fsp3) is 0.0185. The van der Waals surface area contributed by atoms with Crippen LogP contribution in [0.25, 0.3) is 78.0 Å². The summed E-state index contributed by atoms with van der Waals surface area (Å²) >= 11 is 0. The highest BCUT2D eigenvalue weighted by molar-refractivity contribution is 6.08. The summed E-state index contributed by atoms with van der Waals surface area (Å²) in [4.78, 5) is 15.5. The summed E-state index contributed by atoms with van der Waals surface area (Å²) in [6.45, 7) is 0. The summed E-state index contributed by atoms with van der Waals surface area (Å²) in [5, 5.41) is 4.79. The highest BCUT2D eigenvalue weighted by Crippen LogP contribution is 2.62. The Hall–Kier alpha value is -7.69. The fourth-order valence-electron chi connectivity index (χ4n) is 9.45. The number of nitrogens with zero attached hydrogens (tertiary/aromatic N) is 3. The van der Waals surface area contributed by atoms with E-state index in [2.05, 4.69) is 182 Å². The molecule has 0 saturated heterocycles. The zero-order valence-corrected chi connectivity index (χ0v) is 31.3. The van der Waals surface area contributed by atoms with E-state index in [1.807, 2.05) is 18.2 Å². The van der Waals surface area contributed by atoms with Crippen LogP contribution in [0, 0.1) is 0 Å². The van der Waals surface area contributed by atoms with E-state index in [9.17, 15) is 0 Å². The van der Waals surface area contributed by atoms with Gasteiger partial charge in [-0.05, 0) is 79.2 Å². The van der Waals surface area contributed by atoms with Crippen LogP contribution in [0.4, 0.5) is 0 Å². The van der Waals surface area contributed by atoms with Crippen LogP contribution in [0.2, 0.25) is 0 Å². The predicted molar refractivity (Wildman–Crippen MR) is 234 cm³/mol. The third-order valence-corrected chi connectivity index (χ3v) is 12.0. The van der Waals surface area contributed by atoms with Gasteiger partial charge in [-0.15, -0.1) is 0 Å². The second kappa shape index (κ2) is 12.7. The van der Waals surface area contributed by atoms with Gasteiger partial charge in [0, 0.05) is 27.8 Å². The Labute approximate surface area is 335 Å². The molecule has 0 fully saturated rings. The molecule has 0 amide bonds. The van der Waals surface area contributed by atoms with Crippen LogP contribution in [-0.2, 0) is 5.41 Å². The zero-order valence-electron chi connectivity index (χ0n) is 31.3. The third-order valence-electron chi connectivity index (χ3n) is 12.0. The standard InChI is InChI=1S/C54H33N3O/c1-2-15-35(16-3-1)51-55-52(38-28-30-41-36(32-38)27-26-34-14-4-5-17-39(34)41)57-53(56-51)44-21-7-6-18-40(44)37-29-31-50-48(33-37)54(47-24-12-13-25-49(47)58-50)45-22-10-8-19-42(45)43-20-9-11-23-46(43)54/h1-33H. The Balaban J connectivity index is 1.06. The van der Waals surface area contributed by atoms with Crippen LogP contribution >= 0.6 is 0 Å². The minimum Gasteiger partial charge on any atom is -0.457 e. The average Bonchev–Trinajstić information content (AvgIpc) is 3.59. The largest absolute Gasteiger partial charge is 0.457 e. The van der Waals surface area contributed by atoms with Gasteiger partial charge in [-0.1, -0.05) is 176 Å². The molecule has 1 aliphatic heterocycles. The summed E-state index contributed by atoms with van der Waals surface area (Å²) in [7, 11) is 0. The average molecular weight is 740 g/mol. The van der Waals surface area contributed by atoms with Gasteiger partial charge in [0.2, 0.25) is 0 Å². The number of rotatable bonds is 4. The van der Waals surface area contributed by atoms with E-state index in [1.165, 1.54) is 38.4 Å². The van der Waals surface area contributed by atoms with Gasteiger partial charge in [-0.2, -0.15) is 0 Å². The first-order valence-electron chi connectivity index (χ1n) is 19.7. The molecular weight excluding hydrogens is 707 g/mol. The van der Waals surface area contributed by atoms with Crippen molar-refractivity contribution in [3.8, 4) is 67.9 Å². The molecule has 1 spiro atoms. The van der Waals surface area contributed by atoms with Crippen LogP contribution in [0.3, 0.4) is 0 Å². The first-order valence-corrected chi connectivity index (χ1v) is 19.7. The van der Waals surface area contributed by atoms with Crippen LogP contribution in [-0.4, -0.2) is 15.0 Å². The van der Waals surface area contributed by atoms with Crippen LogP contribution in [0.5, 0.6) is 11.5 Å². The second-order valence-corrected chi connectivity index (χ2v) is 15.1. The first kappa shape index (κ1) is 32.5. The molecule has 0 unspecified atom stereocenters. The number of aromatic nitrogens is 3. The van der Waals surface area contributed by atoms with E-state index in [1.54, 1.807) is 0 Å². The number of benzene rings is 9. The molecule has 12 rings (SSSR count). The topological polar surface area (TPSA) is 47.9 Å². The van der Waals surface area contributed by atoms with Gasteiger partial charge in [-0.25, -0.2) is 15.0 Å². The summed E-state index contributed by atoms with van der Waals surface area (Å²) in [5.41, 5.74) is 11.6. The number of hydrogen-bond donors (Lipinski definition) is 0. The summed E-state index contributed by atoms with van der Waals surface area (Å²) in [5.74, 6) is 3.60. The van der Waals surface area contributed by atoms with Gasteiger partial charge in [0.1, 0.15) is 11.5 Å². The van der Waals surface area contributed by atoms with E-state index in [0.29, 0.717) is 17.5 Å². The highest BCUT2D eigenvalue weighted by atomic mass is 16.5. The monoisotopic (exact) mass is 739 g/mol. The lowest BCUT2D eigenvalue weighted by molar-refractivity contribution is 0.436. The Bertz CT molecular complexity index is 3230. The molecule has 0 bridgehead atoms. The molecule has 1 aromatic heterocycles. The van der Waals surface area contributed by atoms with E-state index in [-0.39, 0.29) is 0 Å². The van der Waals surface area contributed by atoms with Crippen molar-refractivity contribution >= 4 is 21.5 Å². The normalized spacial score (nSPS) is 13.1. The van der Waals surface area contributed by atoms with Gasteiger partial charge in [0.25, 0.3) is 0 Å². The smallest absolute Gasteiger partial charge is 0.164 e. The SMILES string of the molecule is c1ccc(-c2nc(-c3ccc4c(ccc5ccccc54)c3)nc(-c3ccccc3-c3ccc4c(c3)C3(c5ccccc5O4)c4ccccc4-c4ccccc43)n2)cc1. The number of para-hydroxylation sites is 1. The van der Waals surface area contributed by atoms with Crippen molar-refractivity contribution in [3.05, 3.63) is 222 Å². The fourth-order valence-corrected chi connectivity index (χ4v) is 9.45. The molecule has 58 heavy (non-hydrogen) atoms. The molecule has 1 aliphatic carbocycles. The second-order valence-electron chi connectivity index (χ2n) is 15.1. The van der Waals surface area contributed by atoms with Gasteiger partial charge < -0.3 is 4.74 Å². The lowest BCUT2D eigenvalue weighted by Gasteiger charge is -2.39. The lowest BCUT2D eigenvalue weighted by Crippen LogP contribution is -2.32. The number of fused-ring (bicyclic) bond motifs is 12. The first-order chi connectivity index (χ1) is 28.7. The summed E-state index contributed by atoms with van der Waals surface area (Å²) in [6, 6.07) is 70.8. The molecule has 4 heteroatoms. The Kier molecular flexibility index (Phi) is 7.11. The zero-order chi connectivity index (χ0) is 38.2. The molecule has 2 aliphatic rings. The molecule has 10 aromatic rings. The molecule has 270 valence electrons. The van der Waals surface area contributed by atoms with Crippen molar-refractivity contribution in [2.45, 2.75) is 5.41 Å². The van der Waals surface area contributed by atoms with E-state index in [4.69, 9.17) is 19.7 Å². The molecule has 0 N–H and O–H groups in total. The van der Waals surface area contributed by atoms with Gasteiger partial charge >= 0.3 is 0 Å². The minimum absolute atomic E-state index is 0.565. The van der Waals surface area contributed by atoms with E-state index >= 15 is 0 Å². The van der Waals surface area contributed by atoms with E-state index in [0.717, 1.165) is 55.8 Å².